The van der Waals surface area contributed by atoms with Gasteiger partial charge in [-0.05, 0) is 18.6 Å². The zero-order valence-electron chi connectivity index (χ0n) is 12.8. The monoisotopic (exact) mass is 304 g/mol. The molecule has 0 saturated carbocycles. The lowest BCUT2D eigenvalue weighted by Crippen LogP contribution is -2.37. The Morgan fingerprint density at radius 3 is 2.77 bits per heavy atom. The number of benzene rings is 1. The molecule has 0 spiro atoms. The van der Waals surface area contributed by atoms with E-state index >= 15 is 0 Å². The van der Waals surface area contributed by atoms with Gasteiger partial charge in [-0.2, -0.15) is 0 Å². The van der Waals surface area contributed by atoms with E-state index in [1.807, 2.05) is 19.1 Å². The number of hydrogen-bond donors (Lipinski definition) is 2. The van der Waals surface area contributed by atoms with Gasteiger partial charge < -0.3 is 19.8 Å². The first-order chi connectivity index (χ1) is 10.6. The summed E-state index contributed by atoms with van der Waals surface area (Å²) in [7, 11) is 1.59. The number of furan rings is 1. The second-order valence-electron chi connectivity index (χ2n) is 4.93. The summed E-state index contributed by atoms with van der Waals surface area (Å²) in [6.07, 6.45) is 2.59. The molecule has 22 heavy (non-hydrogen) atoms. The number of ether oxygens (including phenoxy) is 1. The third-order valence-corrected chi connectivity index (χ3v) is 3.23. The van der Waals surface area contributed by atoms with Crippen LogP contribution in [0, 0.1) is 0 Å². The SMILES string of the molecule is CCCNC(=O)CNC(=O)Cc1coc2cc(OC)ccc12. The molecule has 2 amide bonds. The van der Waals surface area contributed by atoms with Gasteiger partial charge in [-0.3, -0.25) is 9.59 Å². The molecule has 0 unspecified atom stereocenters. The van der Waals surface area contributed by atoms with Crippen LogP contribution < -0.4 is 15.4 Å². The van der Waals surface area contributed by atoms with Crippen molar-refractivity contribution in [1.29, 1.82) is 0 Å². The van der Waals surface area contributed by atoms with Crippen molar-refractivity contribution < 1.29 is 18.7 Å². The summed E-state index contributed by atoms with van der Waals surface area (Å²) in [6.45, 7) is 2.57. The van der Waals surface area contributed by atoms with Gasteiger partial charge in [0.15, 0.2) is 0 Å². The van der Waals surface area contributed by atoms with Gasteiger partial charge in [0.25, 0.3) is 0 Å². The summed E-state index contributed by atoms with van der Waals surface area (Å²) in [5.74, 6) is 0.299. The number of amides is 2. The second kappa shape index (κ2) is 7.49. The van der Waals surface area contributed by atoms with Gasteiger partial charge in [0.2, 0.25) is 11.8 Å². The van der Waals surface area contributed by atoms with E-state index in [0.717, 1.165) is 17.4 Å². The zero-order chi connectivity index (χ0) is 15.9. The smallest absolute Gasteiger partial charge is 0.239 e. The summed E-state index contributed by atoms with van der Waals surface area (Å²) >= 11 is 0. The molecule has 0 radical (unpaired) electrons. The zero-order valence-corrected chi connectivity index (χ0v) is 12.8. The Bertz CT molecular complexity index is 663. The molecule has 2 rings (SSSR count). The normalized spacial score (nSPS) is 10.5. The maximum atomic E-state index is 11.9. The fourth-order valence-corrected chi connectivity index (χ4v) is 2.07. The third-order valence-electron chi connectivity index (χ3n) is 3.23. The highest BCUT2D eigenvalue weighted by Gasteiger charge is 2.12. The van der Waals surface area contributed by atoms with Gasteiger partial charge in [0.05, 0.1) is 26.3 Å². The van der Waals surface area contributed by atoms with Crippen molar-refractivity contribution >= 4 is 22.8 Å². The van der Waals surface area contributed by atoms with Crippen molar-refractivity contribution in [1.82, 2.24) is 10.6 Å². The standard InChI is InChI=1S/C16H20N2O4/c1-3-6-17-16(20)9-18-15(19)7-11-10-22-14-8-12(21-2)4-5-13(11)14/h4-5,8,10H,3,6-7,9H2,1-2H3,(H,17,20)(H,18,19). The number of fused-ring (bicyclic) bond motifs is 1. The van der Waals surface area contributed by atoms with Crippen LogP contribution in [0.5, 0.6) is 5.75 Å². The van der Waals surface area contributed by atoms with Crippen LogP contribution in [0.15, 0.2) is 28.9 Å². The lowest BCUT2D eigenvalue weighted by atomic mass is 10.1. The molecule has 0 fully saturated rings. The molecule has 0 aliphatic rings. The highest BCUT2D eigenvalue weighted by atomic mass is 16.5. The van der Waals surface area contributed by atoms with Crippen LogP contribution in [-0.2, 0) is 16.0 Å². The summed E-state index contributed by atoms with van der Waals surface area (Å²) in [5.41, 5.74) is 1.45. The van der Waals surface area contributed by atoms with Crippen LogP contribution in [-0.4, -0.2) is 32.0 Å². The Kier molecular flexibility index (Phi) is 5.41. The number of carbonyl (C=O) groups is 2. The molecule has 2 aromatic rings. The van der Waals surface area contributed by atoms with Crippen LogP contribution >= 0.6 is 0 Å². The molecular formula is C16H20N2O4. The molecule has 0 bridgehead atoms. The van der Waals surface area contributed by atoms with E-state index in [-0.39, 0.29) is 24.8 Å². The molecule has 6 heteroatoms. The van der Waals surface area contributed by atoms with Crippen molar-refractivity contribution in [3.63, 3.8) is 0 Å². The van der Waals surface area contributed by atoms with Gasteiger partial charge in [-0.15, -0.1) is 0 Å². The molecule has 1 aromatic carbocycles. The van der Waals surface area contributed by atoms with Crippen molar-refractivity contribution in [2.75, 3.05) is 20.2 Å². The Labute approximate surface area is 128 Å². The molecule has 6 nitrogen and oxygen atoms in total. The largest absolute Gasteiger partial charge is 0.497 e. The molecule has 1 heterocycles. The Hall–Kier alpha value is -2.50. The maximum Gasteiger partial charge on any atom is 0.239 e. The topological polar surface area (TPSA) is 80.6 Å². The van der Waals surface area contributed by atoms with Gasteiger partial charge >= 0.3 is 0 Å². The fourth-order valence-electron chi connectivity index (χ4n) is 2.07. The molecule has 0 aliphatic carbocycles. The van der Waals surface area contributed by atoms with E-state index in [1.165, 1.54) is 0 Å². The summed E-state index contributed by atoms with van der Waals surface area (Å²) in [5, 5.41) is 6.17. The minimum atomic E-state index is -0.217. The van der Waals surface area contributed by atoms with Crippen molar-refractivity contribution in [3.05, 3.63) is 30.0 Å². The predicted molar refractivity (Wildman–Crippen MR) is 82.8 cm³/mol. The Balaban J connectivity index is 1.93. The van der Waals surface area contributed by atoms with E-state index in [0.29, 0.717) is 17.9 Å². The average molecular weight is 304 g/mol. The highest BCUT2D eigenvalue weighted by molar-refractivity contribution is 5.90. The molecule has 0 atom stereocenters. The van der Waals surface area contributed by atoms with E-state index in [2.05, 4.69) is 10.6 Å². The molecule has 2 N–H and O–H groups in total. The number of carbonyl (C=O) groups excluding carboxylic acids is 2. The van der Waals surface area contributed by atoms with Crippen LogP contribution in [0.4, 0.5) is 0 Å². The predicted octanol–water partition coefficient (Wildman–Crippen LogP) is 1.63. The molecule has 0 saturated heterocycles. The Morgan fingerprint density at radius 1 is 1.23 bits per heavy atom. The average Bonchev–Trinajstić information content (AvgIpc) is 2.92. The lowest BCUT2D eigenvalue weighted by molar-refractivity contribution is -0.125. The minimum absolute atomic E-state index is 0.0115. The van der Waals surface area contributed by atoms with E-state index < -0.39 is 0 Å². The number of nitrogens with one attached hydrogen (secondary N) is 2. The van der Waals surface area contributed by atoms with Crippen LogP contribution in [0.25, 0.3) is 11.0 Å². The van der Waals surface area contributed by atoms with E-state index in [9.17, 15) is 9.59 Å². The van der Waals surface area contributed by atoms with Gasteiger partial charge in [0, 0.05) is 23.6 Å². The summed E-state index contributed by atoms with van der Waals surface area (Å²) < 4.78 is 10.6. The van der Waals surface area contributed by atoms with Gasteiger partial charge in [0.1, 0.15) is 11.3 Å². The van der Waals surface area contributed by atoms with Crippen LogP contribution in [0.1, 0.15) is 18.9 Å². The minimum Gasteiger partial charge on any atom is -0.497 e. The fraction of sp³-hybridized carbons (Fsp3) is 0.375. The van der Waals surface area contributed by atoms with Gasteiger partial charge in [-0.25, -0.2) is 0 Å². The quantitative estimate of drug-likeness (QED) is 0.814. The maximum absolute atomic E-state index is 11.9. The summed E-state index contributed by atoms with van der Waals surface area (Å²) in [6, 6.07) is 5.45. The van der Waals surface area contributed by atoms with Crippen molar-refractivity contribution in [2.24, 2.45) is 0 Å². The van der Waals surface area contributed by atoms with Crippen LogP contribution in [0.3, 0.4) is 0 Å². The molecule has 1 aromatic heterocycles. The van der Waals surface area contributed by atoms with Crippen molar-refractivity contribution in [2.45, 2.75) is 19.8 Å². The lowest BCUT2D eigenvalue weighted by Gasteiger charge is -2.05. The van der Waals surface area contributed by atoms with Gasteiger partial charge in [-0.1, -0.05) is 6.92 Å². The Morgan fingerprint density at radius 2 is 2.05 bits per heavy atom. The highest BCUT2D eigenvalue weighted by Crippen LogP contribution is 2.25. The number of methoxy groups -OCH3 is 1. The molecule has 0 aliphatic heterocycles. The third kappa shape index (κ3) is 4.00. The summed E-state index contributed by atoms with van der Waals surface area (Å²) in [4.78, 5) is 23.3. The van der Waals surface area contributed by atoms with E-state index in [1.54, 1.807) is 19.4 Å². The first-order valence-electron chi connectivity index (χ1n) is 7.21. The van der Waals surface area contributed by atoms with Crippen molar-refractivity contribution in [3.8, 4) is 5.75 Å². The van der Waals surface area contributed by atoms with E-state index in [4.69, 9.17) is 9.15 Å². The molecule has 118 valence electrons. The van der Waals surface area contributed by atoms with Crippen LogP contribution in [0.2, 0.25) is 0 Å². The second-order valence-corrected chi connectivity index (χ2v) is 4.93. The molecular weight excluding hydrogens is 284 g/mol. The number of hydrogen-bond acceptors (Lipinski definition) is 4. The number of rotatable bonds is 7. The first kappa shape index (κ1) is 15.9. The first-order valence-corrected chi connectivity index (χ1v) is 7.21.